The third-order valence-corrected chi connectivity index (χ3v) is 16.0. The number of ether oxygens (including phenoxy) is 2. The second kappa shape index (κ2) is 65.8. The van der Waals surface area contributed by atoms with Crippen LogP contribution in [0.15, 0.2) is 122 Å². The molecule has 0 aromatic carbocycles. The molecule has 0 fully saturated rings. The molecule has 0 amide bonds. The number of quaternary nitrogens is 1. The summed E-state index contributed by atoms with van der Waals surface area (Å²) in [7, 11) is 1.47. The van der Waals surface area contributed by atoms with Crippen molar-refractivity contribution in [1.29, 1.82) is 0 Å². The van der Waals surface area contributed by atoms with Crippen LogP contribution in [-0.2, 0) is 32.7 Å². The van der Waals surface area contributed by atoms with E-state index in [1.165, 1.54) is 167 Å². The van der Waals surface area contributed by atoms with Crippen molar-refractivity contribution in [1.82, 2.24) is 0 Å². The van der Waals surface area contributed by atoms with Crippen molar-refractivity contribution >= 4 is 19.8 Å². The minimum absolute atomic E-state index is 0.0276. The molecule has 494 valence electrons. The Bertz CT molecular complexity index is 1870. The molecule has 0 radical (unpaired) electrons. The van der Waals surface area contributed by atoms with E-state index in [9.17, 15) is 19.0 Å². The van der Waals surface area contributed by atoms with Crippen LogP contribution in [0.2, 0.25) is 0 Å². The summed E-state index contributed by atoms with van der Waals surface area (Å²) >= 11 is 0. The van der Waals surface area contributed by atoms with Crippen molar-refractivity contribution in [3.8, 4) is 0 Å². The number of hydrogen-bond acceptors (Lipinski definition) is 7. The molecule has 0 spiro atoms. The lowest BCUT2D eigenvalue weighted by Gasteiger charge is -2.24. The number of carbonyl (C=O) groups excluding carboxylic acids is 2. The monoisotopic (exact) mass is 1220 g/mol. The summed E-state index contributed by atoms with van der Waals surface area (Å²) < 4.78 is 34.7. The minimum atomic E-state index is -4.40. The lowest BCUT2D eigenvalue weighted by Crippen LogP contribution is -2.37. The molecule has 0 heterocycles. The summed E-state index contributed by atoms with van der Waals surface area (Å²) in [5.41, 5.74) is 0. The van der Waals surface area contributed by atoms with Crippen LogP contribution in [0, 0.1) is 0 Å². The van der Waals surface area contributed by atoms with Gasteiger partial charge in [0.1, 0.15) is 19.8 Å². The predicted molar refractivity (Wildman–Crippen MR) is 371 cm³/mol. The van der Waals surface area contributed by atoms with Gasteiger partial charge in [0.15, 0.2) is 6.10 Å². The predicted octanol–water partition coefficient (Wildman–Crippen LogP) is 23.0. The molecule has 1 N–H and O–H groups in total. The van der Waals surface area contributed by atoms with Crippen LogP contribution in [0.25, 0.3) is 0 Å². The van der Waals surface area contributed by atoms with E-state index in [-0.39, 0.29) is 32.0 Å². The largest absolute Gasteiger partial charge is 0.472 e. The summed E-state index contributed by atoms with van der Waals surface area (Å²) in [6.07, 6.45) is 94.4. The zero-order chi connectivity index (χ0) is 62.6. The molecule has 0 saturated carbocycles. The molecule has 0 aliphatic heterocycles. The average Bonchev–Trinajstić information content (AvgIpc) is 3.56. The molecule has 0 aliphatic carbocycles. The Balaban J connectivity index is 4.05. The number of allylic oxidation sites excluding steroid dienone is 20. The Morgan fingerprint density at radius 3 is 0.988 bits per heavy atom. The fourth-order valence-corrected chi connectivity index (χ4v) is 10.3. The Kier molecular flexibility index (Phi) is 63.1. The summed E-state index contributed by atoms with van der Waals surface area (Å²) in [6.45, 7) is 4.33. The molecule has 0 aromatic rings. The fraction of sp³-hybridized carbons (Fsp3) is 0.711. The SMILES string of the molecule is CC/C=C\C/C=C\C/C=C\C/C=C\C/C=C\C/C=C\C/C=C\C/C=C\CCCCCCCCCCCCCCCCC(=O)OC(COC(=O)CCCCCCCCCCCCC/C=C\C/C=C\CCCCCCC)COP(=O)(O)OCC[N+](C)(C)C. The number of carbonyl (C=O) groups is 2. The van der Waals surface area contributed by atoms with E-state index in [1.54, 1.807) is 0 Å². The van der Waals surface area contributed by atoms with Gasteiger partial charge in [-0.3, -0.25) is 18.6 Å². The van der Waals surface area contributed by atoms with Crippen molar-refractivity contribution in [2.24, 2.45) is 0 Å². The lowest BCUT2D eigenvalue weighted by molar-refractivity contribution is -0.870. The van der Waals surface area contributed by atoms with Gasteiger partial charge in [0.25, 0.3) is 0 Å². The third-order valence-electron chi connectivity index (χ3n) is 15.0. The smallest absolute Gasteiger partial charge is 0.462 e. The van der Waals surface area contributed by atoms with Gasteiger partial charge in [-0.2, -0.15) is 0 Å². The maximum atomic E-state index is 12.9. The molecule has 10 heteroatoms. The molecular formula is C76H133NO8P+. The zero-order valence-corrected chi connectivity index (χ0v) is 57.2. The van der Waals surface area contributed by atoms with Gasteiger partial charge >= 0.3 is 19.8 Å². The lowest BCUT2D eigenvalue weighted by atomic mass is 10.0. The van der Waals surface area contributed by atoms with E-state index in [4.69, 9.17) is 18.5 Å². The summed E-state index contributed by atoms with van der Waals surface area (Å²) in [4.78, 5) is 35.9. The van der Waals surface area contributed by atoms with Crippen LogP contribution >= 0.6 is 7.82 Å². The van der Waals surface area contributed by atoms with Crippen LogP contribution in [0.4, 0.5) is 0 Å². The average molecular weight is 1220 g/mol. The van der Waals surface area contributed by atoms with Crippen molar-refractivity contribution in [3.63, 3.8) is 0 Å². The van der Waals surface area contributed by atoms with E-state index in [1.807, 2.05) is 21.1 Å². The van der Waals surface area contributed by atoms with Crippen LogP contribution in [0.1, 0.15) is 296 Å². The first-order valence-electron chi connectivity index (χ1n) is 35.3. The highest BCUT2D eigenvalue weighted by Gasteiger charge is 2.27. The third kappa shape index (κ3) is 69.5. The van der Waals surface area contributed by atoms with E-state index < -0.39 is 26.5 Å². The van der Waals surface area contributed by atoms with E-state index >= 15 is 0 Å². The number of hydrogen-bond donors (Lipinski definition) is 1. The first kappa shape index (κ1) is 82.4. The summed E-state index contributed by atoms with van der Waals surface area (Å²) in [5.74, 6) is -0.797. The number of esters is 2. The first-order chi connectivity index (χ1) is 42.0. The highest BCUT2D eigenvalue weighted by atomic mass is 31.2. The van der Waals surface area contributed by atoms with E-state index in [0.29, 0.717) is 17.4 Å². The molecule has 0 rings (SSSR count). The van der Waals surface area contributed by atoms with Crippen LogP contribution in [0.5, 0.6) is 0 Å². The molecule has 2 unspecified atom stereocenters. The maximum Gasteiger partial charge on any atom is 0.472 e. The highest BCUT2D eigenvalue weighted by molar-refractivity contribution is 7.47. The Morgan fingerprint density at radius 2 is 0.663 bits per heavy atom. The normalized spacial score (nSPS) is 13.9. The molecule has 86 heavy (non-hydrogen) atoms. The van der Waals surface area contributed by atoms with Gasteiger partial charge in [0.05, 0.1) is 27.7 Å². The van der Waals surface area contributed by atoms with Gasteiger partial charge in [-0.1, -0.05) is 296 Å². The number of phosphoric acid groups is 1. The number of nitrogens with zero attached hydrogens (tertiary/aromatic N) is 1. The van der Waals surface area contributed by atoms with Crippen molar-refractivity contribution in [2.75, 3.05) is 47.5 Å². The molecule has 2 atom stereocenters. The fourth-order valence-electron chi connectivity index (χ4n) is 9.59. The Labute approximate surface area is 530 Å². The maximum absolute atomic E-state index is 12.9. The number of rotatable bonds is 64. The van der Waals surface area contributed by atoms with Crippen LogP contribution in [-0.4, -0.2) is 74.9 Å². The molecule has 0 aromatic heterocycles. The zero-order valence-electron chi connectivity index (χ0n) is 56.3. The first-order valence-corrected chi connectivity index (χ1v) is 36.8. The van der Waals surface area contributed by atoms with Crippen molar-refractivity contribution in [3.05, 3.63) is 122 Å². The quantitative estimate of drug-likeness (QED) is 0.0211. The summed E-state index contributed by atoms with van der Waals surface area (Å²) in [5, 5.41) is 0. The second-order valence-electron chi connectivity index (χ2n) is 24.5. The Morgan fingerprint density at radius 1 is 0.372 bits per heavy atom. The van der Waals surface area contributed by atoms with Gasteiger partial charge in [0, 0.05) is 12.8 Å². The standard InChI is InChI=1S/C76H132NO8P/c1-6-8-10-12-14-16-18-20-22-24-26-28-30-31-32-33-34-35-36-37-38-39-40-41-42-43-44-45-47-49-51-53-55-57-59-61-63-65-67-69-76(79)85-74(73-84-86(80,81)83-71-70-77(3,4)5)72-82-75(78)68-66-64-62-60-58-56-54-52-50-48-46-29-27-25-23-21-19-17-15-13-11-9-7-2/h8,10,14,16,19-22,25-28,31-32,34-35,37-38,40-41,74H,6-7,9,11-13,15,17-18,23-24,29-30,33,36,39,42-73H2,1-5H3/p+1/b10-8-,16-14-,21-19-,22-20-,27-25-,28-26-,32-31-,35-34-,38-37-,41-40-. The molecule has 0 bridgehead atoms. The van der Waals surface area contributed by atoms with E-state index in [2.05, 4.69) is 135 Å². The topological polar surface area (TPSA) is 108 Å². The molecule has 0 aliphatic rings. The summed E-state index contributed by atoms with van der Waals surface area (Å²) in [6, 6.07) is 0. The number of phosphoric ester groups is 1. The van der Waals surface area contributed by atoms with Gasteiger partial charge in [-0.05, 0) is 109 Å². The Hall–Kier alpha value is -3.59. The van der Waals surface area contributed by atoms with Crippen LogP contribution < -0.4 is 0 Å². The van der Waals surface area contributed by atoms with Crippen molar-refractivity contribution in [2.45, 2.75) is 302 Å². The highest BCUT2D eigenvalue weighted by Crippen LogP contribution is 2.43. The van der Waals surface area contributed by atoms with Crippen molar-refractivity contribution < 1.29 is 42.1 Å². The molecular weight excluding hydrogens is 1090 g/mol. The van der Waals surface area contributed by atoms with E-state index in [0.717, 1.165) is 96.3 Å². The van der Waals surface area contributed by atoms with Gasteiger partial charge in [0.2, 0.25) is 0 Å². The van der Waals surface area contributed by atoms with Gasteiger partial charge < -0.3 is 18.9 Å². The number of unbranched alkanes of at least 4 members (excludes halogenated alkanes) is 30. The molecule has 0 saturated heterocycles. The van der Waals surface area contributed by atoms with Gasteiger partial charge in [-0.15, -0.1) is 0 Å². The van der Waals surface area contributed by atoms with Gasteiger partial charge in [-0.25, -0.2) is 4.57 Å². The molecule has 9 nitrogen and oxygen atoms in total. The second-order valence-corrected chi connectivity index (χ2v) is 26.0. The van der Waals surface area contributed by atoms with Crippen LogP contribution in [0.3, 0.4) is 0 Å². The number of likely N-dealkylation sites (N-methyl/N-ethyl adjacent to an activating group) is 1. The minimum Gasteiger partial charge on any atom is -0.462 e.